The van der Waals surface area contributed by atoms with E-state index in [0.717, 1.165) is 63.4 Å². The van der Waals surface area contributed by atoms with Crippen molar-refractivity contribution >= 4 is 38.8 Å². The van der Waals surface area contributed by atoms with Gasteiger partial charge in [0.1, 0.15) is 11.2 Å². The van der Waals surface area contributed by atoms with Gasteiger partial charge in [0, 0.05) is 32.7 Å². The summed E-state index contributed by atoms with van der Waals surface area (Å²) in [5.74, 6) is 0. The van der Waals surface area contributed by atoms with Crippen LogP contribution in [0.1, 0.15) is 32.4 Å². The first-order valence-electron chi connectivity index (χ1n) is 12.1. The summed E-state index contributed by atoms with van der Waals surface area (Å²) >= 11 is 1.74. The third kappa shape index (κ3) is 4.55. The third-order valence-electron chi connectivity index (χ3n) is 6.12. The highest BCUT2D eigenvalue weighted by Crippen LogP contribution is 2.35. The molecule has 5 rings (SSSR count). The average Bonchev–Trinajstić information content (AvgIpc) is 3.65. The van der Waals surface area contributed by atoms with Gasteiger partial charge in [-0.25, -0.2) is 4.98 Å². The van der Waals surface area contributed by atoms with Gasteiger partial charge in [-0.2, -0.15) is 5.10 Å². The molecule has 36 heavy (non-hydrogen) atoms. The van der Waals surface area contributed by atoms with Crippen LogP contribution in [0.4, 0.5) is 0 Å². The van der Waals surface area contributed by atoms with Crippen molar-refractivity contribution in [1.82, 2.24) is 25.5 Å². The predicted molar refractivity (Wildman–Crippen MR) is 154 cm³/mol. The maximum Gasteiger partial charge on any atom is 0.135 e. The highest BCUT2D eigenvalue weighted by Gasteiger charge is 2.16. The second-order valence-corrected chi connectivity index (χ2v) is 9.57. The van der Waals surface area contributed by atoms with Gasteiger partial charge in [-0.3, -0.25) is 5.10 Å². The van der Waals surface area contributed by atoms with E-state index in [1.807, 2.05) is 25.1 Å². The van der Waals surface area contributed by atoms with Gasteiger partial charge >= 0.3 is 0 Å². The molecule has 0 aliphatic heterocycles. The molecule has 0 aliphatic carbocycles. The molecule has 3 N–H and O–H groups in total. The molecular formula is C30H29N5S. The van der Waals surface area contributed by atoms with E-state index in [2.05, 4.69) is 94.5 Å². The van der Waals surface area contributed by atoms with Crippen LogP contribution in [0.3, 0.4) is 0 Å². The molecule has 0 bridgehead atoms. The first-order chi connectivity index (χ1) is 17.6. The van der Waals surface area contributed by atoms with Gasteiger partial charge in [0.05, 0.1) is 16.9 Å². The highest BCUT2D eigenvalue weighted by molar-refractivity contribution is 7.13. The number of allylic oxidation sites excluding steroid dienone is 5. The lowest BCUT2D eigenvalue weighted by molar-refractivity contribution is 0.829. The lowest BCUT2D eigenvalue weighted by Crippen LogP contribution is -2.10. The van der Waals surface area contributed by atoms with Crippen LogP contribution in [0.2, 0.25) is 0 Å². The Hall–Kier alpha value is -4.16. The number of thiophene rings is 1. The van der Waals surface area contributed by atoms with Crippen molar-refractivity contribution in [2.75, 3.05) is 0 Å². The van der Waals surface area contributed by atoms with Crippen LogP contribution in [0.15, 0.2) is 96.7 Å². The van der Waals surface area contributed by atoms with Crippen molar-refractivity contribution in [3.8, 4) is 21.8 Å². The lowest BCUT2D eigenvalue weighted by atomic mass is 10.1. The molecular weight excluding hydrogens is 462 g/mol. The minimum absolute atomic E-state index is 0.804. The summed E-state index contributed by atoms with van der Waals surface area (Å²) in [4.78, 5) is 9.82. The smallest absolute Gasteiger partial charge is 0.135 e. The van der Waals surface area contributed by atoms with Crippen molar-refractivity contribution in [2.24, 2.45) is 0 Å². The Morgan fingerprint density at radius 2 is 2.03 bits per heavy atom. The van der Waals surface area contributed by atoms with Gasteiger partial charge in [0.25, 0.3) is 0 Å². The molecule has 5 nitrogen and oxygen atoms in total. The van der Waals surface area contributed by atoms with Crippen molar-refractivity contribution in [1.29, 1.82) is 0 Å². The maximum absolute atomic E-state index is 5.02. The number of pyridine rings is 1. The molecule has 4 heterocycles. The Morgan fingerprint density at radius 1 is 1.14 bits per heavy atom. The standard InChI is InChI=1S/C30H29N5S/c1-5-10-19(4)31-21(7-3)17-20(6-2)24-14-15-26-29(33-24)30(35-34-26)27-18-23-22(28-13-9-16-36-28)11-8-12-25(23)32-27/h6-9,11-18,31-32H,3-5,10H2,1-2H3,(H,34,35)/b20-6+,21-17+. The van der Waals surface area contributed by atoms with Gasteiger partial charge in [0.2, 0.25) is 0 Å². The number of H-pyrrole nitrogens is 2. The van der Waals surface area contributed by atoms with Crippen LogP contribution in [0.25, 0.3) is 49.3 Å². The molecule has 5 aromatic rings. The Kier molecular flexibility index (Phi) is 6.69. The quantitative estimate of drug-likeness (QED) is 0.182. The zero-order chi connectivity index (χ0) is 25.1. The number of fused-ring (bicyclic) bond motifs is 2. The fraction of sp³-hybridized carbons (Fsp3) is 0.133. The van der Waals surface area contributed by atoms with Gasteiger partial charge in [-0.15, -0.1) is 11.3 Å². The summed E-state index contributed by atoms with van der Waals surface area (Å²) in [5.41, 5.74) is 9.48. The summed E-state index contributed by atoms with van der Waals surface area (Å²) in [6.07, 6.45) is 7.87. The van der Waals surface area contributed by atoms with E-state index in [0.29, 0.717) is 0 Å². The monoisotopic (exact) mass is 491 g/mol. The van der Waals surface area contributed by atoms with Crippen molar-refractivity contribution in [3.05, 3.63) is 102 Å². The Labute approximate surface area is 215 Å². The van der Waals surface area contributed by atoms with Crippen molar-refractivity contribution in [2.45, 2.75) is 26.7 Å². The van der Waals surface area contributed by atoms with Gasteiger partial charge in [-0.05, 0) is 66.8 Å². The second-order valence-electron chi connectivity index (χ2n) is 8.62. The fourth-order valence-corrected chi connectivity index (χ4v) is 5.13. The average molecular weight is 492 g/mol. The van der Waals surface area contributed by atoms with E-state index in [9.17, 15) is 0 Å². The number of hydrogen-bond donors (Lipinski definition) is 3. The number of aromatic amines is 2. The van der Waals surface area contributed by atoms with Crippen molar-refractivity contribution in [3.63, 3.8) is 0 Å². The first kappa shape index (κ1) is 23.6. The molecule has 4 aromatic heterocycles. The van der Waals surface area contributed by atoms with Crippen LogP contribution in [0.5, 0.6) is 0 Å². The minimum atomic E-state index is 0.804. The maximum atomic E-state index is 5.02. The first-order valence-corrected chi connectivity index (χ1v) is 13.0. The Bertz CT molecular complexity index is 1610. The zero-order valence-corrected chi connectivity index (χ0v) is 21.4. The number of nitrogens with one attached hydrogen (secondary N) is 3. The van der Waals surface area contributed by atoms with Gasteiger partial charge in [0.15, 0.2) is 0 Å². The molecule has 0 spiro atoms. The van der Waals surface area contributed by atoms with E-state index in [1.54, 1.807) is 11.3 Å². The van der Waals surface area contributed by atoms with E-state index in [-0.39, 0.29) is 0 Å². The molecule has 0 saturated heterocycles. The molecule has 0 atom stereocenters. The van der Waals surface area contributed by atoms with Crippen LogP contribution in [0, 0.1) is 0 Å². The summed E-state index contributed by atoms with van der Waals surface area (Å²) in [5, 5.41) is 14.4. The molecule has 0 fully saturated rings. The lowest BCUT2D eigenvalue weighted by Gasteiger charge is -2.11. The second kappa shape index (κ2) is 10.2. The molecule has 180 valence electrons. The normalized spacial score (nSPS) is 12.4. The summed E-state index contributed by atoms with van der Waals surface area (Å²) in [6, 6.07) is 16.8. The highest BCUT2D eigenvalue weighted by atomic mass is 32.1. The van der Waals surface area contributed by atoms with E-state index < -0.39 is 0 Å². The topological polar surface area (TPSA) is 69.4 Å². The van der Waals surface area contributed by atoms with Gasteiger partial charge < -0.3 is 10.3 Å². The fourth-order valence-electron chi connectivity index (χ4n) is 4.36. The Morgan fingerprint density at radius 3 is 2.78 bits per heavy atom. The number of benzene rings is 1. The number of hydrogen-bond acceptors (Lipinski definition) is 4. The van der Waals surface area contributed by atoms with Crippen LogP contribution in [-0.2, 0) is 0 Å². The van der Waals surface area contributed by atoms with E-state index in [4.69, 9.17) is 4.98 Å². The van der Waals surface area contributed by atoms with E-state index in [1.165, 1.54) is 15.8 Å². The number of rotatable bonds is 9. The van der Waals surface area contributed by atoms with Gasteiger partial charge in [-0.1, -0.05) is 50.8 Å². The molecule has 1 aromatic carbocycles. The Balaban J connectivity index is 1.54. The minimum Gasteiger partial charge on any atom is -0.359 e. The van der Waals surface area contributed by atoms with Crippen LogP contribution in [-0.4, -0.2) is 20.2 Å². The summed E-state index contributed by atoms with van der Waals surface area (Å²) in [7, 11) is 0. The molecule has 0 aliphatic rings. The van der Waals surface area contributed by atoms with Crippen LogP contribution < -0.4 is 5.32 Å². The molecule has 6 heteroatoms. The van der Waals surface area contributed by atoms with E-state index >= 15 is 0 Å². The zero-order valence-electron chi connectivity index (χ0n) is 20.6. The van der Waals surface area contributed by atoms with Crippen LogP contribution >= 0.6 is 11.3 Å². The molecule has 0 saturated carbocycles. The van der Waals surface area contributed by atoms with Crippen molar-refractivity contribution < 1.29 is 0 Å². The largest absolute Gasteiger partial charge is 0.359 e. The SMILES string of the molecule is C=C/C(=C\C(=C/C)c1ccc2[nH]nc(-c3cc4c(-c5cccs5)cccc4[nH]3)c2n1)NC(=C)CCC. The predicted octanol–water partition coefficient (Wildman–Crippen LogP) is 8.21. The molecule has 0 unspecified atom stereocenters. The third-order valence-corrected chi connectivity index (χ3v) is 7.03. The summed E-state index contributed by atoms with van der Waals surface area (Å²) in [6.45, 7) is 12.2. The molecule has 0 radical (unpaired) electrons. The number of nitrogens with zero attached hydrogens (tertiary/aromatic N) is 2. The number of aromatic nitrogens is 4. The molecule has 0 amide bonds. The summed E-state index contributed by atoms with van der Waals surface area (Å²) < 4.78 is 0.